The fourth-order valence-electron chi connectivity index (χ4n) is 5.00. The summed E-state index contributed by atoms with van der Waals surface area (Å²) >= 11 is 0. The molecule has 1 aromatic heterocycles. The molecular weight excluding hydrogens is 350 g/mol. The Morgan fingerprint density at radius 1 is 1.00 bits per heavy atom. The molecule has 0 bridgehead atoms. The lowest BCUT2D eigenvalue weighted by Crippen LogP contribution is -2.47. The molecular formula is C21H37N7. The molecule has 28 heavy (non-hydrogen) atoms. The molecule has 1 aromatic rings. The van der Waals surface area contributed by atoms with Crippen molar-refractivity contribution in [1.82, 2.24) is 30.3 Å². The summed E-state index contributed by atoms with van der Waals surface area (Å²) in [7, 11) is 2.01. The van der Waals surface area contributed by atoms with Crippen molar-refractivity contribution < 1.29 is 0 Å². The van der Waals surface area contributed by atoms with Gasteiger partial charge in [-0.15, -0.1) is 10.2 Å². The normalized spacial score (nSPS) is 25.1. The first-order chi connectivity index (χ1) is 13.7. The van der Waals surface area contributed by atoms with Gasteiger partial charge >= 0.3 is 0 Å². The first-order valence-corrected chi connectivity index (χ1v) is 11.3. The summed E-state index contributed by atoms with van der Waals surface area (Å²) in [5.74, 6) is 3.74. The zero-order valence-corrected chi connectivity index (χ0v) is 17.7. The smallest absolute Gasteiger partial charge is 0.192 e. The van der Waals surface area contributed by atoms with Crippen LogP contribution in [0, 0.1) is 12.8 Å². The van der Waals surface area contributed by atoms with Gasteiger partial charge < -0.3 is 20.1 Å². The van der Waals surface area contributed by atoms with Crippen molar-refractivity contribution in [1.29, 1.82) is 0 Å². The number of nitrogens with one attached hydrogen (secondary N) is 2. The molecule has 1 aliphatic heterocycles. The van der Waals surface area contributed by atoms with Crippen LogP contribution in [0.2, 0.25) is 0 Å². The summed E-state index contributed by atoms with van der Waals surface area (Å²) in [5.41, 5.74) is 0. The molecule has 3 fully saturated rings. The lowest BCUT2D eigenvalue weighted by atomic mass is 10.1. The quantitative estimate of drug-likeness (QED) is 0.579. The van der Waals surface area contributed by atoms with Crippen molar-refractivity contribution in [3.8, 4) is 0 Å². The van der Waals surface area contributed by atoms with Crippen LogP contribution in [0.15, 0.2) is 4.99 Å². The van der Waals surface area contributed by atoms with Crippen molar-refractivity contribution >= 4 is 5.96 Å². The highest BCUT2D eigenvalue weighted by Crippen LogP contribution is 2.26. The van der Waals surface area contributed by atoms with Gasteiger partial charge in [0.2, 0.25) is 0 Å². The maximum atomic E-state index is 4.88. The fourth-order valence-corrected chi connectivity index (χ4v) is 5.00. The van der Waals surface area contributed by atoms with Gasteiger partial charge in [-0.25, -0.2) is 4.99 Å². The van der Waals surface area contributed by atoms with E-state index in [4.69, 9.17) is 4.99 Å². The standard InChI is InChI=1S/C21H37N7/c1-16-25-26-20(27(16)2)13-22-21(23-18-9-5-6-10-18)24-19-11-12-28(15-19)14-17-7-3-4-8-17/h17-19H,3-15H2,1-2H3,(H2,22,23,24). The Morgan fingerprint density at radius 3 is 2.43 bits per heavy atom. The number of hydrogen-bond donors (Lipinski definition) is 2. The number of likely N-dealkylation sites (tertiary alicyclic amines) is 1. The highest BCUT2D eigenvalue weighted by molar-refractivity contribution is 5.80. The third-order valence-corrected chi connectivity index (χ3v) is 6.86. The number of aliphatic imine (C=N–C) groups is 1. The van der Waals surface area contributed by atoms with Gasteiger partial charge in [0.05, 0.1) is 0 Å². The molecule has 1 unspecified atom stereocenters. The van der Waals surface area contributed by atoms with Gasteiger partial charge in [-0.2, -0.15) is 0 Å². The number of rotatable bonds is 6. The van der Waals surface area contributed by atoms with Crippen LogP contribution < -0.4 is 10.6 Å². The van der Waals surface area contributed by atoms with Crippen molar-refractivity contribution in [3.05, 3.63) is 11.6 Å². The predicted molar refractivity (Wildman–Crippen MR) is 112 cm³/mol. The first kappa shape index (κ1) is 19.7. The summed E-state index contributed by atoms with van der Waals surface area (Å²) in [4.78, 5) is 7.54. The van der Waals surface area contributed by atoms with E-state index in [-0.39, 0.29) is 0 Å². The largest absolute Gasteiger partial charge is 0.354 e. The van der Waals surface area contributed by atoms with E-state index >= 15 is 0 Å². The average molecular weight is 388 g/mol. The number of guanidine groups is 1. The Balaban J connectivity index is 1.34. The average Bonchev–Trinajstić information content (AvgIpc) is 3.47. The van der Waals surface area contributed by atoms with Crippen LogP contribution in [-0.2, 0) is 13.6 Å². The lowest BCUT2D eigenvalue weighted by molar-refractivity contribution is 0.275. The molecule has 2 heterocycles. The minimum atomic E-state index is 0.496. The zero-order valence-electron chi connectivity index (χ0n) is 17.7. The van der Waals surface area contributed by atoms with E-state index in [1.807, 2.05) is 18.5 Å². The number of hydrogen-bond acceptors (Lipinski definition) is 4. The van der Waals surface area contributed by atoms with Gasteiger partial charge in [0.1, 0.15) is 12.4 Å². The highest BCUT2D eigenvalue weighted by Gasteiger charge is 2.27. The van der Waals surface area contributed by atoms with E-state index in [2.05, 4.69) is 25.7 Å². The molecule has 0 spiro atoms. The summed E-state index contributed by atoms with van der Waals surface area (Å²) in [5, 5.41) is 15.8. The second kappa shape index (κ2) is 9.25. The van der Waals surface area contributed by atoms with E-state index in [9.17, 15) is 0 Å². The van der Waals surface area contributed by atoms with Crippen molar-refractivity contribution in [2.75, 3.05) is 19.6 Å². The summed E-state index contributed by atoms with van der Waals surface area (Å²) in [6.45, 7) is 6.20. The summed E-state index contributed by atoms with van der Waals surface area (Å²) in [6.07, 6.45) is 12.1. The van der Waals surface area contributed by atoms with Gasteiger partial charge in [0.25, 0.3) is 0 Å². The van der Waals surface area contributed by atoms with Crippen molar-refractivity contribution in [3.63, 3.8) is 0 Å². The molecule has 4 rings (SSSR count). The minimum absolute atomic E-state index is 0.496. The molecule has 7 nitrogen and oxygen atoms in total. The molecule has 2 aliphatic carbocycles. The maximum absolute atomic E-state index is 4.88. The van der Waals surface area contributed by atoms with Gasteiger partial charge in [0.15, 0.2) is 11.8 Å². The molecule has 1 saturated heterocycles. The van der Waals surface area contributed by atoms with E-state index in [0.29, 0.717) is 18.6 Å². The van der Waals surface area contributed by atoms with Crippen LogP contribution in [-0.4, -0.2) is 57.3 Å². The molecule has 7 heteroatoms. The van der Waals surface area contributed by atoms with Crippen molar-refractivity contribution in [2.45, 2.75) is 83.3 Å². The maximum Gasteiger partial charge on any atom is 0.192 e. The monoisotopic (exact) mass is 387 g/mol. The van der Waals surface area contributed by atoms with Crippen molar-refractivity contribution in [2.24, 2.45) is 18.0 Å². The summed E-state index contributed by atoms with van der Waals surface area (Å²) in [6, 6.07) is 1.05. The van der Waals surface area contributed by atoms with Crippen LogP contribution >= 0.6 is 0 Å². The van der Waals surface area contributed by atoms with Crippen LogP contribution in [0.3, 0.4) is 0 Å². The molecule has 2 saturated carbocycles. The van der Waals surface area contributed by atoms with Crippen LogP contribution in [0.25, 0.3) is 0 Å². The van der Waals surface area contributed by atoms with E-state index in [0.717, 1.165) is 30.1 Å². The Bertz CT molecular complexity index is 656. The first-order valence-electron chi connectivity index (χ1n) is 11.3. The summed E-state index contributed by atoms with van der Waals surface area (Å²) < 4.78 is 2.02. The molecule has 1 atom stereocenters. The highest BCUT2D eigenvalue weighted by atomic mass is 15.3. The number of aromatic nitrogens is 3. The molecule has 2 N–H and O–H groups in total. The molecule has 156 valence electrons. The Hall–Kier alpha value is -1.63. The van der Waals surface area contributed by atoms with Crippen LogP contribution in [0.5, 0.6) is 0 Å². The lowest BCUT2D eigenvalue weighted by Gasteiger charge is -2.23. The molecule has 0 radical (unpaired) electrons. The van der Waals surface area contributed by atoms with E-state index in [1.165, 1.54) is 70.9 Å². The Labute approximate surface area is 169 Å². The third kappa shape index (κ3) is 5.04. The number of nitrogens with zero attached hydrogens (tertiary/aromatic N) is 5. The third-order valence-electron chi connectivity index (χ3n) is 6.86. The van der Waals surface area contributed by atoms with Crippen LogP contribution in [0.1, 0.15) is 69.4 Å². The van der Waals surface area contributed by atoms with Gasteiger partial charge in [-0.05, 0) is 44.9 Å². The van der Waals surface area contributed by atoms with Gasteiger partial charge in [-0.3, -0.25) is 0 Å². The van der Waals surface area contributed by atoms with Gasteiger partial charge in [0, 0.05) is 38.8 Å². The number of aryl methyl sites for hydroxylation is 1. The molecule has 3 aliphatic rings. The topological polar surface area (TPSA) is 70.4 Å². The second-order valence-electron chi connectivity index (χ2n) is 9.05. The zero-order chi connectivity index (χ0) is 19.3. The predicted octanol–water partition coefficient (Wildman–Crippen LogP) is 2.37. The van der Waals surface area contributed by atoms with Crippen LogP contribution in [0.4, 0.5) is 0 Å². The second-order valence-corrected chi connectivity index (χ2v) is 9.05. The van der Waals surface area contributed by atoms with Gasteiger partial charge in [-0.1, -0.05) is 25.7 Å². The Kier molecular flexibility index (Phi) is 6.50. The fraction of sp³-hybridized carbons (Fsp3) is 0.857. The molecule has 0 aromatic carbocycles. The van der Waals surface area contributed by atoms with E-state index in [1.54, 1.807) is 0 Å². The molecule has 0 amide bonds. The SMILES string of the molecule is Cc1nnc(CN=C(NC2CCCC2)NC2CCN(CC3CCCC3)C2)n1C. The minimum Gasteiger partial charge on any atom is -0.354 e. The van der Waals surface area contributed by atoms with E-state index < -0.39 is 0 Å². The Morgan fingerprint density at radius 2 is 1.71 bits per heavy atom.